The molecule has 0 aliphatic heterocycles. The standard InChI is InChI=1S/C8H16O2.C6H7N.H2O/c1-3-4-5-6-7-10-8(2)9;7-6-4-2-1-3-5-6;/h3-7H2,1-2H3;1-5H,7H2;1H2. The second kappa shape index (κ2) is 13.5. The molecule has 0 aliphatic rings. The lowest BCUT2D eigenvalue weighted by Crippen LogP contribution is -1.99. The van der Waals surface area contributed by atoms with E-state index in [1.165, 1.54) is 26.2 Å². The number of carbonyl (C=O) groups is 1. The molecule has 0 saturated heterocycles. The minimum absolute atomic E-state index is 0. The predicted octanol–water partition coefficient (Wildman–Crippen LogP) is 2.57. The van der Waals surface area contributed by atoms with Crippen molar-refractivity contribution in [3.05, 3.63) is 30.3 Å². The molecule has 1 aromatic rings. The van der Waals surface area contributed by atoms with Crippen LogP contribution in [0.25, 0.3) is 0 Å². The Morgan fingerprint density at radius 1 is 1.17 bits per heavy atom. The highest BCUT2D eigenvalue weighted by molar-refractivity contribution is 5.65. The monoisotopic (exact) mass is 255 g/mol. The van der Waals surface area contributed by atoms with Gasteiger partial charge in [-0.15, -0.1) is 0 Å². The first-order valence-electron chi connectivity index (χ1n) is 6.10. The van der Waals surface area contributed by atoms with Crippen molar-refractivity contribution in [3.63, 3.8) is 0 Å². The van der Waals surface area contributed by atoms with Crippen molar-refractivity contribution < 1.29 is 15.0 Å². The molecule has 104 valence electrons. The molecule has 0 saturated carbocycles. The molecular formula is C14H25NO3. The van der Waals surface area contributed by atoms with Crippen molar-refractivity contribution in [2.75, 3.05) is 12.3 Å². The predicted molar refractivity (Wildman–Crippen MR) is 75.2 cm³/mol. The molecule has 1 rings (SSSR count). The van der Waals surface area contributed by atoms with Crippen LogP contribution in [0, 0.1) is 0 Å². The third kappa shape index (κ3) is 14.5. The van der Waals surface area contributed by atoms with E-state index < -0.39 is 0 Å². The van der Waals surface area contributed by atoms with Gasteiger partial charge in [-0.25, -0.2) is 0 Å². The average Bonchev–Trinajstić information content (AvgIpc) is 2.30. The summed E-state index contributed by atoms with van der Waals surface area (Å²) in [6.45, 7) is 4.20. The van der Waals surface area contributed by atoms with Gasteiger partial charge in [0.05, 0.1) is 6.61 Å². The molecule has 0 aromatic heterocycles. The number of esters is 1. The van der Waals surface area contributed by atoms with E-state index in [1.807, 2.05) is 30.3 Å². The Morgan fingerprint density at radius 2 is 1.78 bits per heavy atom. The maximum absolute atomic E-state index is 10.3. The number of nitrogens with two attached hydrogens (primary N) is 1. The number of carbonyl (C=O) groups excluding carboxylic acids is 1. The molecule has 0 radical (unpaired) electrons. The van der Waals surface area contributed by atoms with Crippen molar-refractivity contribution in [2.24, 2.45) is 0 Å². The maximum Gasteiger partial charge on any atom is 0.302 e. The SMILES string of the molecule is CCCCCCOC(C)=O.Nc1ccccc1.O. The Kier molecular flexibility index (Phi) is 14.1. The first-order chi connectivity index (χ1) is 8.16. The molecule has 0 aliphatic carbocycles. The van der Waals surface area contributed by atoms with Gasteiger partial charge in [0.25, 0.3) is 0 Å². The summed E-state index contributed by atoms with van der Waals surface area (Å²) in [5.74, 6) is -0.170. The lowest BCUT2D eigenvalue weighted by Gasteiger charge is -1.99. The zero-order valence-electron chi connectivity index (χ0n) is 11.3. The Balaban J connectivity index is 0. The van der Waals surface area contributed by atoms with Crippen LogP contribution in [-0.4, -0.2) is 18.1 Å². The summed E-state index contributed by atoms with van der Waals surface area (Å²) in [5, 5.41) is 0. The van der Waals surface area contributed by atoms with Gasteiger partial charge in [-0.3, -0.25) is 4.79 Å². The fourth-order valence-corrected chi connectivity index (χ4v) is 1.20. The Bertz CT molecular complexity index is 288. The molecule has 0 heterocycles. The number of para-hydroxylation sites is 1. The van der Waals surface area contributed by atoms with Crippen LogP contribution in [0.4, 0.5) is 5.69 Å². The summed E-state index contributed by atoms with van der Waals surface area (Å²) in [6, 6.07) is 9.49. The molecule has 18 heavy (non-hydrogen) atoms. The summed E-state index contributed by atoms with van der Waals surface area (Å²) in [5.41, 5.74) is 6.18. The summed E-state index contributed by atoms with van der Waals surface area (Å²) in [7, 11) is 0. The van der Waals surface area contributed by atoms with E-state index in [-0.39, 0.29) is 11.4 Å². The van der Waals surface area contributed by atoms with Gasteiger partial charge in [0.2, 0.25) is 0 Å². The van der Waals surface area contributed by atoms with Crippen LogP contribution in [-0.2, 0) is 9.53 Å². The van der Waals surface area contributed by atoms with Crippen LogP contribution in [0.3, 0.4) is 0 Å². The van der Waals surface area contributed by atoms with Crippen LogP contribution in [0.15, 0.2) is 30.3 Å². The van der Waals surface area contributed by atoms with Gasteiger partial charge in [0.15, 0.2) is 0 Å². The normalized spacial score (nSPS) is 8.56. The summed E-state index contributed by atoms with van der Waals surface area (Å²) >= 11 is 0. The minimum Gasteiger partial charge on any atom is -0.466 e. The number of ether oxygens (including phenoxy) is 1. The van der Waals surface area contributed by atoms with Gasteiger partial charge in [-0.05, 0) is 18.6 Å². The number of hydrogen-bond acceptors (Lipinski definition) is 3. The Morgan fingerprint density at radius 3 is 2.17 bits per heavy atom. The van der Waals surface area contributed by atoms with Crippen LogP contribution in [0.2, 0.25) is 0 Å². The van der Waals surface area contributed by atoms with Gasteiger partial charge in [0, 0.05) is 12.6 Å². The van der Waals surface area contributed by atoms with Crippen molar-refractivity contribution in [1.29, 1.82) is 0 Å². The quantitative estimate of drug-likeness (QED) is 0.498. The number of rotatable bonds is 5. The molecule has 1 aromatic carbocycles. The summed E-state index contributed by atoms with van der Waals surface area (Å²) in [6.07, 6.45) is 4.64. The molecule has 0 amide bonds. The number of nitrogen functional groups attached to an aromatic ring is 1. The first-order valence-corrected chi connectivity index (χ1v) is 6.10. The van der Waals surface area contributed by atoms with Crippen molar-refractivity contribution >= 4 is 11.7 Å². The molecule has 0 bridgehead atoms. The molecule has 0 atom stereocenters. The first kappa shape index (κ1) is 18.8. The van der Waals surface area contributed by atoms with E-state index in [9.17, 15) is 4.79 Å². The molecule has 0 spiro atoms. The maximum atomic E-state index is 10.3. The second-order valence-electron chi connectivity index (χ2n) is 3.81. The van der Waals surface area contributed by atoms with Crippen LogP contribution in [0.5, 0.6) is 0 Å². The minimum atomic E-state index is -0.170. The van der Waals surface area contributed by atoms with Crippen LogP contribution in [0.1, 0.15) is 39.5 Å². The topological polar surface area (TPSA) is 83.8 Å². The van der Waals surface area contributed by atoms with E-state index in [0.717, 1.165) is 12.1 Å². The molecular weight excluding hydrogens is 230 g/mol. The fourth-order valence-electron chi connectivity index (χ4n) is 1.20. The van der Waals surface area contributed by atoms with Crippen molar-refractivity contribution in [2.45, 2.75) is 39.5 Å². The lowest BCUT2D eigenvalue weighted by atomic mass is 10.2. The molecule has 0 fully saturated rings. The van der Waals surface area contributed by atoms with E-state index >= 15 is 0 Å². The van der Waals surface area contributed by atoms with Crippen molar-refractivity contribution in [1.82, 2.24) is 0 Å². The largest absolute Gasteiger partial charge is 0.466 e. The number of benzene rings is 1. The van der Waals surface area contributed by atoms with Gasteiger partial charge in [0.1, 0.15) is 0 Å². The highest BCUT2D eigenvalue weighted by Crippen LogP contribution is 1.98. The molecule has 0 unspecified atom stereocenters. The third-order valence-electron chi connectivity index (χ3n) is 2.10. The molecule has 4 heteroatoms. The highest BCUT2D eigenvalue weighted by atomic mass is 16.5. The third-order valence-corrected chi connectivity index (χ3v) is 2.10. The van der Waals surface area contributed by atoms with Crippen LogP contribution < -0.4 is 5.73 Å². The van der Waals surface area contributed by atoms with E-state index in [4.69, 9.17) is 10.5 Å². The Labute approximate surface area is 109 Å². The number of hydrogen-bond donors (Lipinski definition) is 1. The lowest BCUT2D eigenvalue weighted by molar-refractivity contribution is -0.141. The molecule has 4 nitrogen and oxygen atoms in total. The smallest absolute Gasteiger partial charge is 0.302 e. The van der Waals surface area contributed by atoms with Gasteiger partial charge < -0.3 is 15.9 Å². The second-order valence-corrected chi connectivity index (χ2v) is 3.81. The van der Waals surface area contributed by atoms with Gasteiger partial charge in [-0.2, -0.15) is 0 Å². The average molecular weight is 255 g/mol. The van der Waals surface area contributed by atoms with Gasteiger partial charge in [-0.1, -0.05) is 44.4 Å². The van der Waals surface area contributed by atoms with E-state index in [1.54, 1.807) is 0 Å². The zero-order chi connectivity index (χ0) is 12.9. The van der Waals surface area contributed by atoms with E-state index in [0.29, 0.717) is 6.61 Å². The van der Waals surface area contributed by atoms with Crippen molar-refractivity contribution in [3.8, 4) is 0 Å². The highest BCUT2D eigenvalue weighted by Gasteiger charge is 1.91. The van der Waals surface area contributed by atoms with Crippen LogP contribution >= 0.6 is 0 Å². The summed E-state index contributed by atoms with van der Waals surface area (Å²) in [4.78, 5) is 10.3. The Hall–Kier alpha value is -1.55. The fraction of sp³-hybridized carbons (Fsp3) is 0.500. The number of unbranched alkanes of at least 4 members (excludes halogenated alkanes) is 3. The molecule has 4 N–H and O–H groups in total. The number of anilines is 1. The summed E-state index contributed by atoms with van der Waals surface area (Å²) < 4.78 is 4.75. The van der Waals surface area contributed by atoms with E-state index in [2.05, 4.69) is 6.92 Å². The zero-order valence-corrected chi connectivity index (χ0v) is 11.3. The van der Waals surface area contributed by atoms with Gasteiger partial charge >= 0.3 is 5.97 Å².